The Hall–Kier alpha value is -3.46. The molecule has 3 aromatic rings. The van der Waals surface area contributed by atoms with Crippen LogP contribution in [-0.2, 0) is 10.0 Å². The molecule has 8 nitrogen and oxygen atoms in total. The molecular weight excluding hydrogens is 428 g/mol. The monoisotopic (exact) mass is 454 g/mol. The van der Waals surface area contributed by atoms with Crippen molar-refractivity contribution in [3.8, 4) is 5.75 Å². The number of ether oxygens (including phenoxy) is 1. The summed E-state index contributed by atoms with van der Waals surface area (Å²) in [6.45, 7) is 6.18. The van der Waals surface area contributed by atoms with E-state index in [4.69, 9.17) is 4.74 Å². The first-order valence-corrected chi connectivity index (χ1v) is 11.7. The molecule has 2 N–H and O–H groups in total. The first-order chi connectivity index (χ1) is 15.3. The van der Waals surface area contributed by atoms with Gasteiger partial charge in [-0.2, -0.15) is 0 Å². The summed E-state index contributed by atoms with van der Waals surface area (Å²) in [5.74, 6) is 1.09. The van der Waals surface area contributed by atoms with Gasteiger partial charge in [-0.1, -0.05) is 13.3 Å². The average molecular weight is 455 g/mol. The standard InChI is InChI=1S/C23H26N4O4S/c1-4-5-14-31-20-10-6-18(7-11-20)23(28)26-19-8-12-21(13-9-19)32(29,30)27-22-15-16(2)24-17(3)25-22/h6-13,15H,4-5,14H2,1-3H3,(H,26,28)(H,24,25,27). The van der Waals surface area contributed by atoms with Crippen molar-refractivity contribution in [1.29, 1.82) is 0 Å². The number of aromatic nitrogens is 2. The Morgan fingerprint density at radius 3 is 2.31 bits per heavy atom. The van der Waals surface area contributed by atoms with Gasteiger partial charge in [-0.25, -0.2) is 18.4 Å². The van der Waals surface area contributed by atoms with Gasteiger partial charge in [-0.15, -0.1) is 0 Å². The Morgan fingerprint density at radius 2 is 1.69 bits per heavy atom. The van der Waals surface area contributed by atoms with Crippen LogP contribution in [-0.4, -0.2) is 30.9 Å². The number of nitrogens with zero attached hydrogens (tertiary/aromatic N) is 2. The second kappa shape index (κ2) is 10.2. The summed E-state index contributed by atoms with van der Waals surface area (Å²) in [6, 6.07) is 14.3. The number of aryl methyl sites for hydroxylation is 2. The molecule has 0 aliphatic rings. The van der Waals surface area contributed by atoms with Crippen molar-refractivity contribution in [2.24, 2.45) is 0 Å². The Labute approximate surface area is 188 Å². The minimum Gasteiger partial charge on any atom is -0.494 e. The summed E-state index contributed by atoms with van der Waals surface area (Å²) in [7, 11) is -3.83. The highest BCUT2D eigenvalue weighted by Gasteiger charge is 2.16. The lowest BCUT2D eigenvalue weighted by Crippen LogP contribution is -2.15. The Kier molecular flexibility index (Phi) is 7.42. The van der Waals surface area contributed by atoms with Crippen LogP contribution in [0.4, 0.5) is 11.5 Å². The maximum absolute atomic E-state index is 12.6. The Balaban J connectivity index is 1.64. The van der Waals surface area contributed by atoms with Gasteiger partial charge >= 0.3 is 0 Å². The van der Waals surface area contributed by atoms with Crippen molar-refractivity contribution in [2.75, 3.05) is 16.6 Å². The predicted octanol–water partition coefficient (Wildman–Crippen LogP) is 4.33. The second-order valence-corrected chi connectivity index (χ2v) is 8.93. The molecule has 3 rings (SSSR count). The molecule has 32 heavy (non-hydrogen) atoms. The number of amides is 1. The van der Waals surface area contributed by atoms with E-state index in [2.05, 4.69) is 26.9 Å². The van der Waals surface area contributed by atoms with Gasteiger partial charge in [0.05, 0.1) is 11.5 Å². The molecule has 0 spiro atoms. The molecule has 0 radical (unpaired) electrons. The Bertz CT molecular complexity index is 1160. The summed E-state index contributed by atoms with van der Waals surface area (Å²) in [6.07, 6.45) is 2.03. The molecule has 0 aliphatic carbocycles. The van der Waals surface area contributed by atoms with Gasteiger partial charge in [0.25, 0.3) is 15.9 Å². The van der Waals surface area contributed by atoms with E-state index in [-0.39, 0.29) is 16.6 Å². The number of sulfonamides is 1. The molecule has 0 saturated carbocycles. The van der Waals surface area contributed by atoms with Gasteiger partial charge in [0.1, 0.15) is 17.4 Å². The van der Waals surface area contributed by atoms with Crippen LogP contribution >= 0.6 is 0 Å². The summed E-state index contributed by atoms with van der Waals surface area (Å²) in [5.41, 5.74) is 1.61. The van der Waals surface area contributed by atoms with Crippen LogP contribution in [0.15, 0.2) is 59.5 Å². The fraction of sp³-hybridized carbons (Fsp3) is 0.261. The van der Waals surface area contributed by atoms with E-state index in [9.17, 15) is 13.2 Å². The predicted molar refractivity (Wildman–Crippen MR) is 124 cm³/mol. The summed E-state index contributed by atoms with van der Waals surface area (Å²) in [5, 5.41) is 2.76. The SMILES string of the molecule is CCCCOc1ccc(C(=O)Nc2ccc(S(=O)(=O)Nc3cc(C)nc(C)n3)cc2)cc1. The fourth-order valence-corrected chi connectivity index (χ4v) is 3.92. The van der Waals surface area contributed by atoms with Crippen LogP contribution in [0.25, 0.3) is 0 Å². The highest BCUT2D eigenvalue weighted by Crippen LogP contribution is 2.19. The van der Waals surface area contributed by atoms with Gasteiger partial charge in [-0.05, 0) is 68.8 Å². The minimum atomic E-state index is -3.83. The quantitative estimate of drug-likeness (QED) is 0.466. The number of hydrogen-bond donors (Lipinski definition) is 2. The minimum absolute atomic E-state index is 0.0537. The van der Waals surface area contributed by atoms with Gasteiger partial charge in [0.2, 0.25) is 0 Å². The molecule has 0 atom stereocenters. The van der Waals surface area contributed by atoms with E-state index >= 15 is 0 Å². The molecule has 0 bridgehead atoms. The smallest absolute Gasteiger partial charge is 0.263 e. The van der Waals surface area contributed by atoms with Gasteiger partial charge < -0.3 is 10.1 Å². The van der Waals surface area contributed by atoms with Crippen LogP contribution in [0, 0.1) is 13.8 Å². The molecule has 0 saturated heterocycles. The number of carbonyl (C=O) groups excluding carboxylic acids is 1. The number of nitrogens with one attached hydrogen (secondary N) is 2. The maximum Gasteiger partial charge on any atom is 0.263 e. The third-order valence-corrected chi connectivity index (χ3v) is 5.88. The summed E-state index contributed by atoms with van der Waals surface area (Å²) in [4.78, 5) is 20.8. The number of hydrogen-bond acceptors (Lipinski definition) is 6. The molecule has 168 valence electrons. The fourth-order valence-electron chi connectivity index (χ4n) is 2.92. The number of rotatable bonds is 9. The van der Waals surface area contributed by atoms with Crippen LogP contribution in [0.2, 0.25) is 0 Å². The number of unbranched alkanes of at least 4 members (excludes halogenated alkanes) is 1. The molecule has 1 amide bonds. The lowest BCUT2D eigenvalue weighted by Gasteiger charge is -2.10. The van der Waals surface area contributed by atoms with E-state index in [1.165, 1.54) is 24.3 Å². The first-order valence-electron chi connectivity index (χ1n) is 10.3. The largest absolute Gasteiger partial charge is 0.494 e. The van der Waals surface area contributed by atoms with Crippen LogP contribution in [0.5, 0.6) is 5.75 Å². The van der Waals surface area contributed by atoms with Gasteiger partial charge in [0.15, 0.2) is 0 Å². The lowest BCUT2D eigenvalue weighted by molar-refractivity contribution is 0.102. The van der Waals surface area contributed by atoms with Crippen molar-refractivity contribution < 1.29 is 17.9 Å². The van der Waals surface area contributed by atoms with E-state index in [0.717, 1.165) is 12.8 Å². The molecular formula is C23H26N4O4S. The molecule has 0 aliphatic heterocycles. The maximum atomic E-state index is 12.6. The van der Waals surface area contributed by atoms with Crippen molar-refractivity contribution in [2.45, 2.75) is 38.5 Å². The molecule has 0 unspecified atom stereocenters. The van der Waals surface area contributed by atoms with E-state index < -0.39 is 10.0 Å². The van der Waals surface area contributed by atoms with Crippen molar-refractivity contribution in [1.82, 2.24) is 9.97 Å². The number of anilines is 2. The third-order valence-electron chi connectivity index (χ3n) is 4.51. The third kappa shape index (κ3) is 6.27. The van der Waals surface area contributed by atoms with E-state index in [0.29, 0.717) is 35.1 Å². The zero-order chi connectivity index (χ0) is 23.1. The van der Waals surface area contributed by atoms with Crippen LogP contribution < -0.4 is 14.8 Å². The van der Waals surface area contributed by atoms with Gasteiger partial charge in [-0.3, -0.25) is 9.52 Å². The molecule has 9 heteroatoms. The van der Waals surface area contributed by atoms with Crippen LogP contribution in [0.3, 0.4) is 0 Å². The molecule has 1 heterocycles. The van der Waals surface area contributed by atoms with Crippen molar-refractivity contribution >= 4 is 27.4 Å². The zero-order valence-corrected chi connectivity index (χ0v) is 19.1. The topological polar surface area (TPSA) is 110 Å². The molecule has 0 fully saturated rings. The summed E-state index contributed by atoms with van der Waals surface area (Å²) < 4.78 is 33.3. The Morgan fingerprint density at radius 1 is 1.00 bits per heavy atom. The van der Waals surface area contributed by atoms with E-state index in [1.54, 1.807) is 44.2 Å². The highest BCUT2D eigenvalue weighted by atomic mass is 32.2. The number of carbonyl (C=O) groups is 1. The van der Waals surface area contributed by atoms with Crippen molar-refractivity contribution in [3.05, 3.63) is 71.7 Å². The normalized spacial score (nSPS) is 11.1. The zero-order valence-electron chi connectivity index (χ0n) is 18.3. The highest BCUT2D eigenvalue weighted by molar-refractivity contribution is 7.92. The summed E-state index contributed by atoms with van der Waals surface area (Å²) >= 11 is 0. The molecule has 1 aromatic heterocycles. The number of benzene rings is 2. The first kappa shape index (κ1) is 23.2. The average Bonchev–Trinajstić information content (AvgIpc) is 2.74. The van der Waals surface area contributed by atoms with Gasteiger partial charge in [0, 0.05) is 23.0 Å². The van der Waals surface area contributed by atoms with E-state index in [1.807, 2.05) is 0 Å². The van der Waals surface area contributed by atoms with Crippen molar-refractivity contribution in [3.63, 3.8) is 0 Å². The lowest BCUT2D eigenvalue weighted by atomic mass is 10.2. The molecule has 2 aromatic carbocycles. The van der Waals surface area contributed by atoms with Crippen LogP contribution in [0.1, 0.15) is 41.6 Å². The second-order valence-electron chi connectivity index (χ2n) is 7.25.